The Kier molecular flexibility index (Phi) is 5.80. The number of carboxylic acids is 1. The summed E-state index contributed by atoms with van der Waals surface area (Å²) in [6, 6.07) is 29.6. The van der Waals surface area contributed by atoms with Crippen LogP contribution in [0.3, 0.4) is 0 Å². The minimum atomic E-state index is -0.765. The van der Waals surface area contributed by atoms with Gasteiger partial charge in [0.15, 0.2) is 0 Å². The quantitative estimate of drug-likeness (QED) is 0.378. The molecule has 0 atom stereocenters. The van der Waals surface area contributed by atoms with E-state index in [2.05, 4.69) is 72.9 Å². The lowest BCUT2D eigenvalue weighted by molar-refractivity contribution is -0.136. The van der Waals surface area contributed by atoms with Crippen molar-refractivity contribution < 1.29 is 9.90 Å². The molecular formula is C27H25NO2. The molecule has 0 spiro atoms. The molecule has 3 heteroatoms. The number of benzene rings is 4. The van der Waals surface area contributed by atoms with E-state index in [4.69, 9.17) is 5.11 Å². The molecule has 4 aromatic rings. The molecule has 150 valence electrons. The van der Waals surface area contributed by atoms with E-state index in [1.165, 1.54) is 33.0 Å². The van der Waals surface area contributed by atoms with Crippen LogP contribution in [0.1, 0.15) is 23.1 Å². The summed E-state index contributed by atoms with van der Waals surface area (Å²) in [6.45, 7) is 2.89. The van der Waals surface area contributed by atoms with Crippen molar-refractivity contribution in [3.63, 3.8) is 0 Å². The Morgan fingerprint density at radius 1 is 0.867 bits per heavy atom. The molecule has 4 aromatic carbocycles. The second-order valence-corrected chi connectivity index (χ2v) is 7.62. The highest BCUT2D eigenvalue weighted by atomic mass is 16.4. The third-order valence-corrected chi connectivity index (χ3v) is 5.43. The fourth-order valence-electron chi connectivity index (χ4n) is 3.85. The van der Waals surface area contributed by atoms with E-state index in [1.807, 2.05) is 24.3 Å². The molecule has 0 aliphatic heterocycles. The minimum Gasteiger partial charge on any atom is -0.481 e. The highest BCUT2D eigenvalue weighted by Gasteiger charge is 2.08. The molecule has 0 amide bonds. The first-order valence-electron chi connectivity index (χ1n) is 10.2. The van der Waals surface area contributed by atoms with E-state index in [1.54, 1.807) is 0 Å². The summed E-state index contributed by atoms with van der Waals surface area (Å²) in [5, 5.41) is 14.8. The summed E-state index contributed by atoms with van der Waals surface area (Å²) in [6.07, 6.45) is 0.717. The van der Waals surface area contributed by atoms with Gasteiger partial charge in [0.1, 0.15) is 0 Å². The topological polar surface area (TPSA) is 49.3 Å². The number of anilines is 1. The predicted octanol–water partition coefficient (Wildman–Crippen LogP) is 6.44. The Morgan fingerprint density at radius 2 is 1.67 bits per heavy atom. The molecule has 0 aliphatic rings. The number of aliphatic carboxylic acids is 1. The van der Waals surface area contributed by atoms with Gasteiger partial charge in [0, 0.05) is 18.7 Å². The molecule has 0 aliphatic carbocycles. The van der Waals surface area contributed by atoms with E-state index < -0.39 is 5.97 Å². The molecule has 3 nitrogen and oxygen atoms in total. The molecule has 0 bridgehead atoms. The number of rotatable bonds is 7. The lowest BCUT2D eigenvalue weighted by Crippen LogP contribution is -2.00. The van der Waals surface area contributed by atoms with Crippen LogP contribution in [0, 0.1) is 6.92 Å². The van der Waals surface area contributed by atoms with E-state index in [9.17, 15) is 4.79 Å². The van der Waals surface area contributed by atoms with Crippen molar-refractivity contribution in [3.8, 4) is 11.1 Å². The van der Waals surface area contributed by atoms with Crippen LogP contribution < -0.4 is 5.32 Å². The number of carboxylic acid groups (broad SMARTS) is 1. The zero-order valence-corrected chi connectivity index (χ0v) is 17.1. The predicted molar refractivity (Wildman–Crippen MR) is 124 cm³/mol. The first kappa shape index (κ1) is 19.7. The first-order chi connectivity index (χ1) is 14.6. The SMILES string of the molecule is Cc1ccc2ccccc2c1-c1cccc(CNc2ccc(CCC(=O)O)cc2)c1. The highest BCUT2D eigenvalue weighted by molar-refractivity contribution is 5.98. The second kappa shape index (κ2) is 8.83. The normalized spacial score (nSPS) is 10.8. The summed E-state index contributed by atoms with van der Waals surface area (Å²) in [7, 11) is 0. The van der Waals surface area contributed by atoms with Crippen LogP contribution >= 0.6 is 0 Å². The molecule has 4 rings (SSSR count). The largest absolute Gasteiger partial charge is 0.481 e. The van der Waals surface area contributed by atoms with Crippen LogP contribution in [0.2, 0.25) is 0 Å². The maximum atomic E-state index is 10.7. The van der Waals surface area contributed by atoms with Crippen LogP contribution in [0.4, 0.5) is 5.69 Å². The van der Waals surface area contributed by atoms with Gasteiger partial charge >= 0.3 is 5.97 Å². The van der Waals surface area contributed by atoms with Crippen molar-refractivity contribution in [2.45, 2.75) is 26.3 Å². The number of aryl methyl sites for hydroxylation is 2. The molecule has 0 saturated carbocycles. The molecule has 0 heterocycles. The van der Waals surface area contributed by atoms with Crippen molar-refractivity contribution in [2.75, 3.05) is 5.32 Å². The zero-order chi connectivity index (χ0) is 20.9. The van der Waals surface area contributed by atoms with Gasteiger partial charge in [0.2, 0.25) is 0 Å². The number of nitrogens with one attached hydrogen (secondary N) is 1. The van der Waals surface area contributed by atoms with Gasteiger partial charge in [-0.3, -0.25) is 4.79 Å². The van der Waals surface area contributed by atoms with Crippen molar-refractivity contribution >= 4 is 22.4 Å². The van der Waals surface area contributed by atoms with Gasteiger partial charge in [-0.15, -0.1) is 0 Å². The Hall–Kier alpha value is -3.59. The maximum absolute atomic E-state index is 10.7. The summed E-state index contributed by atoms with van der Waals surface area (Å²) in [4.78, 5) is 10.7. The van der Waals surface area contributed by atoms with Gasteiger partial charge in [-0.25, -0.2) is 0 Å². The summed E-state index contributed by atoms with van der Waals surface area (Å²) >= 11 is 0. The summed E-state index contributed by atoms with van der Waals surface area (Å²) in [5.74, 6) is -0.765. The van der Waals surface area contributed by atoms with Crippen LogP contribution in [-0.4, -0.2) is 11.1 Å². The number of hydrogen-bond acceptors (Lipinski definition) is 2. The van der Waals surface area contributed by atoms with Crippen molar-refractivity contribution in [3.05, 3.63) is 102 Å². The molecule has 0 aromatic heterocycles. The lowest BCUT2D eigenvalue weighted by Gasteiger charge is -2.13. The third-order valence-electron chi connectivity index (χ3n) is 5.43. The third kappa shape index (κ3) is 4.52. The van der Waals surface area contributed by atoms with Crippen molar-refractivity contribution in [2.24, 2.45) is 0 Å². The van der Waals surface area contributed by atoms with Gasteiger partial charge in [0.05, 0.1) is 0 Å². The van der Waals surface area contributed by atoms with Gasteiger partial charge in [-0.2, -0.15) is 0 Å². The monoisotopic (exact) mass is 395 g/mol. The molecule has 0 fully saturated rings. The van der Waals surface area contributed by atoms with E-state index in [0.717, 1.165) is 17.8 Å². The fourth-order valence-corrected chi connectivity index (χ4v) is 3.85. The van der Waals surface area contributed by atoms with Crippen LogP contribution in [0.25, 0.3) is 21.9 Å². The van der Waals surface area contributed by atoms with E-state index in [-0.39, 0.29) is 6.42 Å². The summed E-state index contributed by atoms with van der Waals surface area (Å²) < 4.78 is 0. The van der Waals surface area contributed by atoms with Crippen LogP contribution in [-0.2, 0) is 17.8 Å². The van der Waals surface area contributed by atoms with Gasteiger partial charge < -0.3 is 10.4 Å². The zero-order valence-electron chi connectivity index (χ0n) is 17.1. The standard InChI is InChI=1S/C27H25NO2/c1-19-9-13-22-6-2-3-8-25(22)27(19)23-7-4-5-21(17-23)18-28-24-14-10-20(11-15-24)12-16-26(29)30/h2-11,13-15,17,28H,12,16,18H2,1H3,(H,29,30). The van der Waals surface area contributed by atoms with Gasteiger partial charge in [-0.1, -0.05) is 66.7 Å². The average molecular weight is 396 g/mol. The smallest absolute Gasteiger partial charge is 0.303 e. The lowest BCUT2D eigenvalue weighted by atomic mass is 9.93. The van der Waals surface area contributed by atoms with Crippen LogP contribution in [0.5, 0.6) is 0 Å². The Morgan fingerprint density at radius 3 is 2.47 bits per heavy atom. The minimum absolute atomic E-state index is 0.160. The molecular weight excluding hydrogens is 370 g/mol. The number of carbonyl (C=O) groups is 1. The van der Waals surface area contributed by atoms with Gasteiger partial charge in [0.25, 0.3) is 0 Å². The fraction of sp³-hybridized carbons (Fsp3) is 0.148. The van der Waals surface area contributed by atoms with E-state index in [0.29, 0.717) is 6.42 Å². The molecule has 2 N–H and O–H groups in total. The average Bonchev–Trinajstić information content (AvgIpc) is 2.77. The van der Waals surface area contributed by atoms with Crippen molar-refractivity contribution in [1.29, 1.82) is 0 Å². The Balaban J connectivity index is 1.51. The molecule has 0 saturated heterocycles. The van der Waals surface area contributed by atoms with Gasteiger partial charge in [-0.05, 0) is 70.1 Å². The molecule has 30 heavy (non-hydrogen) atoms. The maximum Gasteiger partial charge on any atom is 0.303 e. The first-order valence-corrected chi connectivity index (χ1v) is 10.2. The number of fused-ring (bicyclic) bond motifs is 1. The highest BCUT2D eigenvalue weighted by Crippen LogP contribution is 2.32. The summed E-state index contributed by atoms with van der Waals surface area (Å²) in [5.41, 5.74) is 7.08. The van der Waals surface area contributed by atoms with Crippen LogP contribution in [0.15, 0.2) is 84.9 Å². The Labute approximate surface area is 177 Å². The van der Waals surface area contributed by atoms with Crippen molar-refractivity contribution in [1.82, 2.24) is 0 Å². The Bertz CT molecular complexity index is 1180. The second-order valence-electron chi connectivity index (χ2n) is 7.62. The molecule has 0 unspecified atom stereocenters. The molecule has 0 radical (unpaired) electrons. The van der Waals surface area contributed by atoms with E-state index >= 15 is 0 Å². The number of hydrogen-bond donors (Lipinski definition) is 2.